The average Bonchev–Trinajstić information content (AvgIpc) is 2.53. The van der Waals surface area contributed by atoms with Gasteiger partial charge in [-0.25, -0.2) is 0 Å². The van der Waals surface area contributed by atoms with E-state index in [9.17, 15) is 9.59 Å². The summed E-state index contributed by atoms with van der Waals surface area (Å²) in [5.41, 5.74) is 7.37. The third-order valence-corrected chi connectivity index (χ3v) is 4.38. The third-order valence-electron chi connectivity index (χ3n) is 4.38. The third kappa shape index (κ3) is 4.22. The molecule has 6 nitrogen and oxygen atoms in total. The molecule has 0 radical (unpaired) electrons. The Hall–Kier alpha value is -2.08. The molecule has 23 heavy (non-hydrogen) atoms. The minimum absolute atomic E-state index is 0.0287. The summed E-state index contributed by atoms with van der Waals surface area (Å²) in [7, 11) is 0. The molecule has 2 N–H and O–H groups in total. The van der Waals surface area contributed by atoms with Gasteiger partial charge in [0.1, 0.15) is 5.75 Å². The smallest absolute Gasteiger partial charge is 0.260 e. The number of amides is 2. The molecule has 0 aromatic heterocycles. The summed E-state index contributed by atoms with van der Waals surface area (Å²) in [6.07, 6.45) is 0. The Morgan fingerprint density at radius 3 is 2.26 bits per heavy atom. The molecule has 0 saturated carbocycles. The summed E-state index contributed by atoms with van der Waals surface area (Å²) in [5, 5.41) is 0. The Morgan fingerprint density at radius 1 is 1.17 bits per heavy atom. The van der Waals surface area contributed by atoms with Gasteiger partial charge in [0.2, 0.25) is 5.91 Å². The highest BCUT2D eigenvalue weighted by Crippen LogP contribution is 2.22. The van der Waals surface area contributed by atoms with Crippen LogP contribution in [0, 0.1) is 13.8 Å². The Morgan fingerprint density at radius 2 is 1.74 bits per heavy atom. The zero-order chi connectivity index (χ0) is 17.0. The van der Waals surface area contributed by atoms with Crippen LogP contribution in [-0.2, 0) is 9.59 Å². The van der Waals surface area contributed by atoms with Gasteiger partial charge in [-0.05, 0) is 31.9 Å². The maximum Gasteiger partial charge on any atom is 0.260 e. The van der Waals surface area contributed by atoms with Gasteiger partial charge in [0, 0.05) is 26.2 Å². The maximum atomic E-state index is 12.3. The van der Waals surface area contributed by atoms with Gasteiger partial charge in [-0.3, -0.25) is 14.5 Å². The highest BCUT2D eigenvalue weighted by molar-refractivity contribution is 5.80. The summed E-state index contributed by atoms with van der Waals surface area (Å²) >= 11 is 0. The Kier molecular flexibility index (Phi) is 5.60. The summed E-state index contributed by atoms with van der Waals surface area (Å²) in [5.74, 6) is 0.420. The van der Waals surface area contributed by atoms with E-state index in [4.69, 9.17) is 10.5 Å². The second kappa shape index (κ2) is 7.46. The van der Waals surface area contributed by atoms with Crippen molar-refractivity contribution in [2.45, 2.75) is 26.8 Å². The normalized spacial score (nSPS) is 16.9. The molecule has 1 fully saturated rings. The first kappa shape index (κ1) is 17.3. The van der Waals surface area contributed by atoms with E-state index < -0.39 is 0 Å². The molecule has 1 aromatic carbocycles. The molecule has 126 valence electrons. The fraction of sp³-hybridized carbons (Fsp3) is 0.529. The molecule has 0 bridgehead atoms. The lowest BCUT2D eigenvalue weighted by Crippen LogP contribution is -2.54. The molecule has 1 saturated heterocycles. The van der Waals surface area contributed by atoms with Crippen molar-refractivity contribution in [2.24, 2.45) is 5.73 Å². The lowest BCUT2D eigenvalue weighted by molar-refractivity contribution is -0.135. The lowest BCUT2D eigenvalue weighted by Gasteiger charge is -2.36. The zero-order valence-electron chi connectivity index (χ0n) is 14.0. The minimum atomic E-state index is -0.330. The van der Waals surface area contributed by atoms with Crippen LogP contribution >= 0.6 is 0 Å². The van der Waals surface area contributed by atoms with Crippen LogP contribution in [0.3, 0.4) is 0 Å². The second-order valence-electron chi connectivity index (χ2n) is 6.00. The van der Waals surface area contributed by atoms with E-state index in [1.165, 1.54) is 0 Å². The number of carbonyl (C=O) groups excluding carboxylic acids is 2. The van der Waals surface area contributed by atoms with E-state index in [0.717, 1.165) is 16.9 Å². The first-order chi connectivity index (χ1) is 10.9. The number of primary amides is 1. The molecule has 1 heterocycles. The molecule has 1 aromatic rings. The molecule has 2 rings (SSSR count). The molecular formula is C17H25N3O3. The summed E-state index contributed by atoms with van der Waals surface area (Å²) in [6, 6.07) is 5.62. The monoisotopic (exact) mass is 319 g/mol. The summed E-state index contributed by atoms with van der Waals surface area (Å²) in [6.45, 7) is 8.26. The topological polar surface area (TPSA) is 75.9 Å². The predicted octanol–water partition coefficient (Wildman–Crippen LogP) is 0.700. The first-order valence-corrected chi connectivity index (χ1v) is 7.90. The number of aryl methyl sites for hydroxylation is 2. The van der Waals surface area contributed by atoms with E-state index in [1.54, 1.807) is 11.8 Å². The van der Waals surface area contributed by atoms with Crippen molar-refractivity contribution in [3.8, 4) is 5.75 Å². The van der Waals surface area contributed by atoms with Crippen LogP contribution in [0.25, 0.3) is 0 Å². The quantitative estimate of drug-likeness (QED) is 0.867. The minimum Gasteiger partial charge on any atom is -0.483 e. The van der Waals surface area contributed by atoms with E-state index in [-0.39, 0.29) is 24.5 Å². The number of ether oxygens (including phenoxy) is 1. The van der Waals surface area contributed by atoms with E-state index >= 15 is 0 Å². The van der Waals surface area contributed by atoms with Gasteiger partial charge >= 0.3 is 0 Å². The molecular weight excluding hydrogens is 294 g/mol. The van der Waals surface area contributed by atoms with Crippen molar-refractivity contribution in [1.29, 1.82) is 0 Å². The van der Waals surface area contributed by atoms with Gasteiger partial charge in [-0.1, -0.05) is 18.2 Å². The number of hydrogen-bond donors (Lipinski definition) is 1. The van der Waals surface area contributed by atoms with Crippen LogP contribution in [0.15, 0.2) is 18.2 Å². The van der Waals surface area contributed by atoms with Crippen molar-refractivity contribution in [1.82, 2.24) is 9.80 Å². The number of nitrogens with two attached hydrogens (primary N) is 1. The number of carbonyl (C=O) groups is 2. The van der Waals surface area contributed by atoms with Gasteiger partial charge in [-0.2, -0.15) is 0 Å². The number of rotatable bonds is 5. The van der Waals surface area contributed by atoms with E-state index in [1.807, 2.05) is 36.9 Å². The van der Waals surface area contributed by atoms with Gasteiger partial charge in [0.15, 0.2) is 6.61 Å². The van der Waals surface area contributed by atoms with Crippen LogP contribution in [0.5, 0.6) is 5.75 Å². The number of para-hydroxylation sites is 1. The number of nitrogens with zero attached hydrogens (tertiary/aromatic N) is 2. The van der Waals surface area contributed by atoms with Crippen LogP contribution in [0.1, 0.15) is 18.1 Å². The molecule has 6 heteroatoms. The van der Waals surface area contributed by atoms with Crippen LogP contribution < -0.4 is 10.5 Å². The van der Waals surface area contributed by atoms with Crippen LogP contribution in [0.2, 0.25) is 0 Å². The van der Waals surface area contributed by atoms with Gasteiger partial charge < -0.3 is 15.4 Å². The van der Waals surface area contributed by atoms with Gasteiger partial charge in [0.25, 0.3) is 5.91 Å². The molecule has 2 amide bonds. The molecule has 1 aliphatic heterocycles. The fourth-order valence-electron chi connectivity index (χ4n) is 2.79. The van der Waals surface area contributed by atoms with E-state index in [2.05, 4.69) is 0 Å². The van der Waals surface area contributed by atoms with Crippen LogP contribution in [-0.4, -0.2) is 60.4 Å². The SMILES string of the molecule is Cc1cccc(C)c1OCC(=O)N1CCN(C(C)C(N)=O)CC1. The highest BCUT2D eigenvalue weighted by atomic mass is 16.5. The maximum absolute atomic E-state index is 12.3. The van der Waals surface area contributed by atoms with Crippen molar-refractivity contribution < 1.29 is 14.3 Å². The van der Waals surface area contributed by atoms with Crippen LogP contribution in [0.4, 0.5) is 0 Å². The predicted molar refractivity (Wildman–Crippen MR) is 88.2 cm³/mol. The Bertz CT molecular complexity index is 560. The molecule has 0 spiro atoms. The van der Waals surface area contributed by atoms with Crippen molar-refractivity contribution in [2.75, 3.05) is 32.8 Å². The van der Waals surface area contributed by atoms with Crippen molar-refractivity contribution >= 4 is 11.8 Å². The largest absolute Gasteiger partial charge is 0.483 e. The zero-order valence-corrected chi connectivity index (χ0v) is 14.0. The standard InChI is InChI=1S/C17H25N3O3/c1-12-5-4-6-13(2)16(12)23-11-15(21)20-9-7-19(8-10-20)14(3)17(18)22/h4-6,14H,7-11H2,1-3H3,(H2,18,22). The molecule has 1 unspecified atom stereocenters. The molecule has 1 aliphatic rings. The van der Waals surface area contributed by atoms with Crippen molar-refractivity contribution in [3.05, 3.63) is 29.3 Å². The fourth-order valence-corrected chi connectivity index (χ4v) is 2.79. The first-order valence-electron chi connectivity index (χ1n) is 7.90. The second-order valence-corrected chi connectivity index (χ2v) is 6.00. The number of piperazine rings is 1. The lowest BCUT2D eigenvalue weighted by atomic mass is 10.1. The average molecular weight is 319 g/mol. The van der Waals surface area contributed by atoms with Crippen molar-refractivity contribution in [3.63, 3.8) is 0 Å². The summed E-state index contributed by atoms with van der Waals surface area (Å²) < 4.78 is 5.72. The molecule has 1 atom stereocenters. The molecule has 0 aliphatic carbocycles. The highest BCUT2D eigenvalue weighted by Gasteiger charge is 2.26. The Labute approximate surface area is 137 Å². The number of hydrogen-bond acceptors (Lipinski definition) is 4. The number of benzene rings is 1. The summed E-state index contributed by atoms with van der Waals surface area (Å²) in [4.78, 5) is 27.3. The van der Waals surface area contributed by atoms with Gasteiger partial charge in [-0.15, -0.1) is 0 Å². The van der Waals surface area contributed by atoms with Gasteiger partial charge in [0.05, 0.1) is 6.04 Å². The van der Waals surface area contributed by atoms with E-state index in [0.29, 0.717) is 26.2 Å². The Balaban J connectivity index is 1.85.